The molecule has 14 heavy (non-hydrogen) atoms. The van der Waals surface area contributed by atoms with Crippen molar-refractivity contribution in [3.05, 3.63) is 34.6 Å². The number of ether oxygens (including phenoxy) is 1. The number of hydrogen-bond donors (Lipinski definition) is 1. The summed E-state index contributed by atoms with van der Waals surface area (Å²) in [7, 11) is 1.46. The summed E-state index contributed by atoms with van der Waals surface area (Å²) < 4.78 is 17.8. The molecule has 1 aromatic rings. The molecule has 5 heteroatoms. The lowest BCUT2D eigenvalue weighted by Crippen LogP contribution is -2.09. The highest BCUT2D eigenvalue weighted by molar-refractivity contribution is 6.30. The molecule has 0 unspecified atom stereocenters. The number of methoxy groups -OCH3 is 1. The minimum absolute atomic E-state index is 0.0310. The van der Waals surface area contributed by atoms with Gasteiger partial charge >= 0.3 is 0 Å². The van der Waals surface area contributed by atoms with Crippen LogP contribution in [0.5, 0.6) is 0 Å². The van der Waals surface area contributed by atoms with Crippen LogP contribution in [0, 0.1) is 5.82 Å². The summed E-state index contributed by atoms with van der Waals surface area (Å²) in [5, 5.41) is 11.7. The lowest BCUT2D eigenvalue weighted by molar-refractivity contribution is 0.238. The van der Waals surface area contributed by atoms with Crippen molar-refractivity contribution in [2.75, 3.05) is 13.7 Å². The quantitative estimate of drug-likeness (QED) is 0.480. The second kappa shape index (κ2) is 4.93. The minimum atomic E-state index is -0.554. The number of oxime groups is 1. The first-order chi connectivity index (χ1) is 6.69. The summed E-state index contributed by atoms with van der Waals surface area (Å²) in [5.41, 5.74) is 0.694. The first-order valence-electron chi connectivity index (χ1n) is 3.84. The predicted molar refractivity (Wildman–Crippen MR) is 51.6 cm³/mol. The van der Waals surface area contributed by atoms with Crippen LogP contribution in [-0.2, 0) is 4.74 Å². The Labute approximate surface area is 85.8 Å². The van der Waals surface area contributed by atoms with Crippen LogP contribution in [0.2, 0.25) is 5.02 Å². The number of benzene rings is 1. The predicted octanol–water partition coefficient (Wildman–Crippen LogP) is 2.30. The molecule has 0 saturated heterocycles. The van der Waals surface area contributed by atoms with E-state index in [1.165, 1.54) is 19.2 Å². The molecule has 0 amide bonds. The Hall–Kier alpha value is -1.13. The molecule has 1 aromatic carbocycles. The van der Waals surface area contributed by atoms with E-state index in [0.717, 1.165) is 0 Å². The van der Waals surface area contributed by atoms with Crippen molar-refractivity contribution in [2.45, 2.75) is 0 Å². The number of halogens is 2. The Morgan fingerprint density at radius 3 is 2.86 bits per heavy atom. The molecule has 0 aromatic heterocycles. The lowest BCUT2D eigenvalue weighted by atomic mass is 10.1. The SMILES string of the molecule is COC/C(=N\O)c1ccc(Cl)c(F)c1. The van der Waals surface area contributed by atoms with Gasteiger partial charge < -0.3 is 9.94 Å². The molecule has 1 rings (SSSR count). The van der Waals surface area contributed by atoms with E-state index < -0.39 is 5.82 Å². The van der Waals surface area contributed by atoms with Gasteiger partial charge in [-0.3, -0.25) is 0 Å². The summed E-state index contributed by atoms with van der Waals surface area (Å²) in [6.07, 6.45) is 0. The average Bonchev–Trinajstić information content (AvgIpc) is 2.19. The molecule has 0 atom stereocenters. The average molecular weight is 218 g/mol. The summed E-state index contributed by atoms with van der Waals surface area (Å²) in [6, 6.07) is 4.14. The third kappa shape index (κ3) is 2.43. The van der Waals surface area contributed by atoms with E-state index in [4.69, 9.17) is 21.5 Å². The summed E-state index contributed by atoms with van der Waals surface area (Å²) in [5.74, 6) is -0.554. The highest BCUT2D eigenvalue weighted by Gasteiger charge is 2.07. The van der Waals surface area contributed by atoms with Crippen molar-refractivity contribution in [1.29, 1.82) is 0 Å². The van der Waals surface area contributed by atoms with Gasteiger partial charge in [-0.2, -0.15) is 0 Å². The Bertz CT molecular complexity index is 355. The first kappa shape index (κ1) is 10.9. The van der Waals surface area contributed by atoms with Gasteiger partial charge in [-0.1, -0.05) is 22.8 Å². The van der Waals surface area contributed by atoms with Crippen LogP contribution in [-0.4, -0.2) is 24.6 Å². The van der Waals surface area contributed by atoms with Crippen LogP contribution in [0.1, 0.15) is 5.56 Å². The Morgan fingerprint density at radius 1 is 1.64 bits per heavy atom. The van der Waals surface area contributed by atoms with Crippen LogP contribution in [0.25, 0.3) is 0 Å². The molecule has 76 valence electrons. The maximum atomic E-state index is 13.0. The molecule has 0 aliphatic heterocycles. The second-order valence-electron chi connectivity index (χ2n) is 2.61. The van der Waals surface area contributed by atoms with E-state index in [1.807, 2.05) is 0 Å². The number of hydrogen-bond acceptors (Lipinski definition) is 3. The molecule has 0 radical (unpaired) electrons. The summed E-state index contributed by atoms with van der Waals surface area (Å²) in [4.78, 5) is 0. The van der Waals surface area contributed by atoms with Crippen LogP contribution in [0.4, 0.5) is 4.39 Å². The van der Waals surface area contributed by atoms with Gasteiger partial charge in [-0.25, -0.2) is 4.39 Å². The van der Waals surface area contributed by atoms with Gasteiger partial charge in [-0.15, -0.1) is 0 Å². The Morgan fingerprint density at radius 2 is 2.36 bits per heavy atom. The third-order valence-corrected chi connectivity index (χ3v) is 1.96. The number of rotatable bonds is 3. The van der Waals surface area contributed by atoms with Gasteiger partial charge in [0.05, 0.1) is 11.6 Å². The smallest absolute Gasteiger partial charge is 0.142 e. The van der Waals surface area contributed by atoms with Crippen molar-refractivity contribution in [2.24, 2.45) is 5.16 Å². The van der Waals surface area contributed by atoms with Gasteiger partial charge in [0.1, 0.15) is 11.5 Å². The molecule has 0 bridgehead atoms. The normalized spacial score (nSPS) is 11.8. The second-order valence-corrected chi connectivity index (χ2v) is 3.02. The van der Waals surface area contributed by atoms with Crippen LogP contribution in [0.15, 0.2) is 23.4 Å². The van der Waals surface area contributed by atoms with Gasteiger partial charge in [0, 0.05) is 12.7 Å². The van der Waals surface area contributed by atoms with Crippen molar-refractivity contribution < 1.29 is 14.3 Å². The molecule has 0 heterocycles. The molecule has 0 saturated carbocycles. The van der Waals surface area contributed by atoms with Gasteiger partial charge in [0.2, 0.25) is 0 Å². The van der Waals surface area contributed by atoms with Gasteiger partial charge in [0.15, 0.2) is 0 Å². The molecule has 0 spiro atoms. The van der Waals surface area contributed by atoms with E-state index >= 15 is 0 Å². The highest BCUT2D eigenvalue weighted by atomic mass is 35.5. The van der Waals surface area contributed by atoms with E-state index in [9.17, 15) is 4.39 Å². The van der Waals surface area contributed by atoms with Crippen molar-refractivity contribution in [3.63, 3.8) is 0 Å². The minimum Gasteiger partial charge on any atom is -0.411 e. The van der Waals surface area contributed by atoms with Crippen LogP contribution >= 0.6 is 11.6 Å². The lowest BCUT2D eigenvalue weighted by Gasteiger charge is -2.03. The van der Waals surface area contributed by atoms with E-state index in [-0.39, 0.29) is 17.3 Å². The third-order valence-electron chi connectivity index (χ3n) is 1.65. The zero-order chi connectivity index (χ0) is 10.6. The van der Waals surface area contributed by atoms with E-state index in [1.54, 1.807) is 6.07 Å². The van der Waals surface area contributed by atoms with Crippen molar-refractivity contribution >= 4 is 17.3 Å². The molecule has 0 fully saturated rings. The molecular formula is C9H9ClFNO2. The Kier molecular flexibility index (Phi) is 3.85. The maximum Gasteiger partial charge on any atom is 0.142 e. The molecule has 0 aliphatic rings. The van der Waals surface area contributed by atoms with Crippen LogP contribution < -0.4 is 0 Å². The molecular weight excluding hydrogens is 209 g/mol. The maximum absolute atomic E-state index is 13.0. The molecule has 1 N–H and O–H groups in total. The van der Waals surface area contributed by atoms with Gasteiger partial charge in [-0.05, 0) is 12.1 Å². The zero-order valence-corrected chi connectivity index (χ0v) is 8.25. The van der Waals surface area contributed by atoms with E-state index in [0.29, 0.717) is 5.56 Å². The first-order valence-corrected chi connectivity index (χ1v) is 4.22. The largest absolute Gasteiger partial charge is 0.411 e. The fourth-order valence-corrected chi connectivity index (χ4v) is 1.10. The topological polar surface area (TPSA) is 41.8 Å². The monoisotopic (exact) mass is 217 g/mol. The van der Waals surface area contributed by atoms with Gasteiger partial charge in [0.25, 0.3) is 0 Å². The van der Waals surface area contributed by atoms with Crippen LogP contribution in [0.3, 0.4) is 0 Å². The standard InChI is InChI=1S/C9H9ClFNO2/c1-14-5-9(12-13)6-2-3-7(10)8(11)4-6/h2-4,13H,5H2,1H3/b12-9+. The zero-order valence-electron chi connectivity index (χ0n) is 7.50. The van der Waals surface area contributed by atoms with Crippen molar-refractivity contribution in [3.8, 4) is 0 Å². The highest BCUT2D eigenvalue weighted by Crippen LogP contribution is 2.16. The summed E-state index contributed by atoms with van der Waals surface area (Å²) >= 11 is 5.50. The van der Waals surface area contributed by atoms with Crippen molar-refractivity contribution in [1.82, 2.24) is 0 Å². The fourth-order valence-electron chi connectivity index (χ4n) is 0.982. The summed E-state index contributed by atoms with van der Waals surface area (Å²) in [6.45, 7) is 0.109. The number of nitrogens with zero attached hydrogens (tertiary/aromatic N) is 1. The molecule has 3 nitrogen and oxygen atoms in total. The fraction of sp³-hybridized carbons (Fsp3) is 0.222. The Balaban J connectivity index is 3.00. The van der Waals surface area contributed by atoms with E-state index in [2.05, 4.69) is 5.16 Å². The molecule has 0 aliphatic carbocycles.